The molecule has 5 atom stereocenters. The summed E-state index contributed by atoms with van der Waals surface area (Å²) in [5.74, 6) is -1.37. The van der Waals surface area contributed by atoms with Crippen LogP contribution in [0.4, 0.5) is 0 Å². The highest BCUT2D eigenvalue weighted by Crippen LogP contribution is 2.67. The van der Waals surface area contributed by atoms with Crippen molar-refractivity contribution in [2.45, 2.75) is 82.7 Å². The molecule has 6 rings (SSSR count). The molecule has 28 heavy (non-hydrogen) atoms. The lowest BCUT2D eigenvalue weighted by Gasteiger charge is -2.60. The monoisotopic (exact) mass is 394 g/mol. The molecule has 1 saturated heterocycles. The Kier molecular flexibility index (Phi) is 4.31. The van der Waals surface area contributed by atoms with Crippen molar-refractivity contribution < 1.29 is 33.9 Å². The Hall–Kier alpha value is -1.18. The van der Waals surface area contributed by atoms with E-state index in [1.807, 2.05) is 6.92 Å². The van der Waals surface area contributed by atoms with Crippen molar-refractivity contribution in [2.24, 2.45) is 29.1 Å². The van der Waals surface area contributed by atoms with Crippen molar-refractivity contribution in [3.05, 3.63) is 0 Å². The van der Waals surface area contributed by atoms with E-state index in [-0.39, 0.29) is 17.8 Å². The van der Waals surface area contributed by atoms with Crippen LogP contribution < -0.4 is 0 Å². The number of carbonyl (C=O) groups is 2. The summed E-state index contributed by atoms with van der Waals surface area (Å²) in [5, 5.41) is 9.84. The first-order valence-corrected chi connectivity index (χ1v) is 10.8. The van der Waals surface area contributed by atoms with E-state index in [2.05, 4.69) is 0 Å². The van der Waals surface area contributed by atoms with E-state index in [0.717, 1.165) is 32.1 Å². The highest BCUT2D eigenvalue weighted by Gasteiger charge is 2.71. The van der Waals surface area contributed by atoms with E-state index in [0.29, 0.717) is 50.5 Å². The van der Waals surface area contributed by atoms with Gasteiger partial charge in [0.05, 0.1) is 12.0 Å². The molecule has 6 aliphatic rings. The predicted octanol–water partition coefficient (Wildman–Crippen LogP) is 3.41. The maximum Gasteiger partial charge on any atom is 0.309 e. The smallest absolute Gasteiger partial charge is 0.309 e. The number of esters is 1. The van der Waals surface area contributed by atoms with Gasteiger partial charge in [0.2, 0.25) is 11.6 Å². The first-order valence-electron chi connectivity index (χ1n) is 10.8. The molecule has 1 aliphatic heterocycles. The minimum atomic E-state index is -0.774. The summed E-state index contributed by atoms with van der Waals surface area (Å²) in [6, 6.07) is 0. The van der Waals surface area contributed by atoms with Crippen molar-refractivity contribution in [3.63, 3.8) is 0 Å². The number of carboxylic acid groups (broad SMARTS) is 1. The largest absolute Gasteiger partial charge is 0.481 e. The summed E-state index contributed by atoms with van der Waals surface area (Å²) in [5.41, 5.74) is -0.596. The van der Waals surface area contributed by atoms with Crippen LogP contribution in [0, 0.1) is 29.1 Å². The fourth-order valence-corrected chi connectivity index (χ4v) is 6.92. The Morgan fingerprint density at radius 2 is 1.75 bits per heavy atom. The highest BCUT2D eigenvalue weighted by atomic mass is 17.3. The van der Waals surface area contributed by atoms with Gasteiger partial charge in [-0.25, -0.2) is 0 Å². The van der Waals surface area contributed by atoms with Crippen LogP contribution in [0.2, 0.25) is 0 Å². The van der Waals surface area contributed by atoms with E-state index in [1.165, 1.54) is 0 Å². The summed E-state index contributed by atoms with van der Waals surface area (Å²) < 4.78 is 11.7. The second-order valence-electron chi connectivity index (χ2n) is 9.78. The number of hydrogen-bond acceptors (Lipinski definition) is 6. The lowest BCUT2D eigenvalue weighted by Crippen LogP contribution is -2.64. The van der Waals surface area contributed by atoms with Crippen LogP contribution in [0.3, 0.4) is 0 Å². The lowest BCUT2D eigenvalue weighted by atomic mass is 9.47. The zero-order valence-corrected chi connectivity index (χ0v) is 16.5. The zero-order chi connectivity index (χ0) is 19.6. The average molecular weight is 394 g/mol. The van der Waals surface area contributed by atoms with Crippen molar-refractivity contribution in [2.75, 3.05) is 6.61 Å². The van der Waals surface area contributed by atoms with Gasteiger partial charge < -0.3 is 14.6 Å². The number of ether oxygens (including phenoxy) is 2. The molecule has 5 aliphatic carbocycles. The van der Waals surface area contributed by atoms with E-state index in [9.17, 15) is 14.7 Å². The number of aliphatic carboxylic acids is 1. The molecular formula is C21H30O7. The minimum absolute atomic E-state index is 0.0893. The van der Waals surface area contributed by atoms with Crippen LogP contribution in [0.1, 0.15) is 71.1 Å². The molecule has 7 nitrogen and oxygen atoms in total. The predicted molar refractivity (Wildman–Crippen MR) is 95.5 cm³/mol. The number of carboxylic acids is 1. The van der Waals surface area contributed by atoms with E-state index in [1.54, 1.807) is 0 Å². The van der Waals surface area contributed by atoms with Crippen LogP contribution in [-0.4, -0.2) is 35.2 Å². The van der Waals surface area contributed by atoms with Gasteiger partial charge in [0.1, 0.15) is 0 Å². The highest BCUT2D eigenvalue weighted by molar-refractivity contribution is 5.75. The van der Waals surface area contributed by atoms with Crippen molar-refractivity contribution in [1.29, 1.82) is 0 Å². The average Bonchev–Trinajstić information content (AvgIpc) is 3.02. The molecule has 1 heterocycles. The Morgan fingerprint density at radius 3 is 2.36 bits per heavy atom. The minimum Gasteiger partial charge on any atom is -0.481 e. The first kappa shape index (κ1) is 18.8. The van der Waals surface area contributed by atoms with E-state index in [4.69, 9.17) is 19.2 Å². The maximum absolute atomic E-state index is 12.0. The Morgan fingerprint density at radius 1 is 1.07 bits per heavy atom. The van der Waals surface area contributed by atoms with Crippen molar-refractivity contribution in [1.82, 2.24) is 0 Å². The molecule has 0 amide bonds. The van der Waals surface area contributed by atoms with Crippen LogP contribution in [0.25, 0.3) is 0 Å². The van der Waals surface area contributed by atoms with Crippen molar-refractivity contribution >= 4 is 11.9 Å². The van der Waals surface area contributed by atoms with Crippen LogP contribution >= 0.6 is 0 Å². The molecular weight excluding hydrogens is 364 g/mol. The second-order valence-corrected chi connectivity index (χ2v) is 9.78. The standard InChI is InChI=1S/C21H30O7/c1-2-25-17(22)9-13-3-5-20(6-4-13)26-21(28-27-20)15-7-14-8-16(21)12-19(10-14,11-15)18(23)24/h13-16H,2-12H2,1H3,(H,23,24)/t13?,14?,15-,16+,19?,20?,21?. The molecule has 0 aromatic rings. The zero-order valence-electron chi connectivity index (χ0n) is 16.5. The van der Waals surface area contributed by atoms with Gasteiger partial charge in [-0.05, 0) is 63.7 Å². The summed E-state index contributed by atoms with van der Waals surface area (Å²) in [6.45, 7) is 2.24. The summed E-state index contributed by atoms with van der Waals surface area (Å²) >= 11 is 0. The van der Waals surface area contributed by atoms with Gasteiger partial charge >= 0.3 is 11.9 Å². The fourth-order valence-electron chi connectivity index (χ4n) is 6.92. The van der Waals surface area contributed by atoms with Gasteiger partial charge in [0.15, 0.2) is 0 Å². The number of hydrogen-bond donors (Lipinski definition) is 1. The van der Waals surface area contributed by atoms with Gasteiger partial charge in [0, 0.05) is 31.1 Å². The lowest BCUT2D eigenvalue weighted by molar-refractivity contribution is -0.393. The topological polar surface area (TPSA) is 91.3 Å². The molecule has 5 saturated carbocycles. The first-order chi connectivity index (χ1) is 13.4. The molecule has 156 valence electrons. The number of rotatable bonds is 4. The molecule has 2 spiro atoms. The van der Waals surface area contributed by atoms with Gasteiger partial charge in [0.25, 0.3) is 0 Å². The van der Waals surface area contributed by atoms with Crippen LogP contribution in [0.15, 0.2) is 0 Å². The summed E-state index contributed by atoms with van der Waals surface area (Å²) in [7, 11) is 0. The van der Waals surface area contributed by atoms with Gasteiger partial charge in [-0.2, -0.15) is 9.78 Å². The normalized spacial score (nSPS) is 49.0. The van der Waals surface area contributed by atoms with E-state index < -0.39 is 23.0 Å². The quantitative estimate of drug-likeness (QED) is 0.577. The molecule has 6 fully saturated rings. The number of carbonyl (C=O) groups excluding carboxylic acids is 1. The Bertz CT molecular complexity index is 650. The summed E-state index contributed by atoms with van der Waals surface area (Å²) in [4.78, 5) is 35.6. The van der Waals surface area contributed by atoms with Crippen LogP contribution in [0.5, 0.6) is 0 Å². The third-order valence-electron chi connectivity index (χ3n) is 8.08. The van der Waals surface area contributed by atoms with Gasteiger partial charge in [-0.1, -0.05) is 0 Å². The Balaban J connectivity index is 1.27. The Labute approximate surface area is 165 Å². The molecule has 0 aromatic heterocycles. The maximum atomic E-state index is 12.0. The third-order valence-corrected chi connectivity index (χ3v) is 8.08. The van der Waals surface area contributed by atoms with Gasteiger partial charge in [-0.15, -0.1) is 0 Å². The molecule has 3 unspecified atom stereocenters. The molecule has 0 radical (unpaired) electrons. The molecule has 0 aromatic carbocycles. The van der Waals surface area contributed by atoms with Crippen molar-refractivity contribution in [3.8, 4) is 0 Å². The van der Waals surface area contributed by atoms with Crippen LogP contribution in [-0.2, 0) is 28.8 Å². The summed E-state index contributed by atoms with van der Waals surface area (Å²) in [6.07, 6.45) is 7.52. The molecule has 4 bridgehead atoms. The SMILES string of the molecule is CCOC(=O)CC1CCC2(CC1)OOC1(O2)[C@@H]2CC3C[C@H]1CC(C(=O)O)(C3)C2. The molecule has 7 heteroatoms. The second kappa shape index (κ2) is 6.41. The van der Waals surface area contributed by atoms with E-state index >= 15 is 0 Å². The fraction of sp³-hybridized carbons (Fsp3) is 0.905. The third kappa shape index (κ3) is 2.73. The molecule has 1 N–H and O–H groups in total. The van der Waals surface area contributed by atoms with Gasteiger partial charge in [-0.3, -0.25) is 9.59 Å².